The van der Waals surface area contributed by atoms with Crippen molar-refractivity contribution in [3.05, 3.63) is 59.3 Å². The van der Waals surface area contributed by atoms with E-state index < -0.39 is 23.8 Å². The number of aryl methyl sites for hydroxylation is 2. The van der Waals surface area contributed by atoms with E-state index in [2.05, 4.69) is 15.6 Å². The molecule has 4 bridgehead atoms. The van der Waals surface area contributed by atoms with Crippen LogP contribution in [0, 0.1) is 30.6 Å². The van der Waals surface area contributed by atoms with Crippen LogP contribution in [-0.4, -0.2) is 54.8 Å². The van der Waals surface area contributed by atoms with Gasteiger partial charge in [-0.2, -0.15) is 9.78 Å². The van der Waals surface area contributed by atoms with Crippen molar-refractivity contribution in [2.75, 3.05) is 30.7 Å². The molecule has 2 heterocycles. The van der Waals surface area contributed by atoms with Gasteiger partial charge in [-0.1, -0.05) is 24.3 Å². The number of fused-ring (bicyclic) bond motifs is 2. The Morgan fingerprint density at radius 2 is 1.70 bits per heavy atom. The molecule has 4 aromatic rings. The lowest BCUT2D eigenvalue weighted by Gasteiger charge is -2.57. The zero-order chi connectivity index (χ0) is 36.5. The number of amides is 2. The first-order chi connectivity index (χ1) is 25.7. The van der Waals surface area contributed by atoms with Gasteiger partial charge in [-0.05, 0) is 99.3 Å². The molecule has 11 nitrogen and oxygen atoms in total. The van der Waals surface area contributed by atoms with Gasteiger partial charge >= 0.3 is 6.09 Å². The molecule has 2 spiro atoms. The standard InChI is InChI=1S/C41H46ClN3O8/c1-22-36-25(19-35(48-2)37(22)49-3)18-34(43-36)38(46)44-32-20-33(30-9-5-4-8-29(30)31(32)10-12-42)45-39(47)50-28-7-6-11-40(21-28)51-41(53-52-40)26-14-23-13-24(16-26)17-27(41)15-23/h4-5,8-9,18-20,23-24,26-28,43H,6-7,10-17,21H2,1-3H3,(H,44,46)(H,45,47)/t23?,24?,26?,27?,28?,40-,41?/m1/s1. The highest BCUT2D eigenvalue weighted by molar-refractivity contribution is 6.18. The summed E-state index contributed by atoms with van der Waals surface area (Å²) < 4.78 is 24.1. The van der Waals surface area contributed by atoms with E-state index in [-0.39, 0.29) is 5.91 Å². The number of aromatic nitrogens is 1. The fourth-order valence-electron chi connectivity index (χ4n) is 10.5. The number of anilines is 2. The lowest BCUT2D eigenvalue weighted by Crippen LogP contribution is -2.59. The van der Waals surface area contributed by atoms with E-state index in [9.17, 15) is 9.59 Å². The molecule has 0 radical (unpaired) electrons. The minimum absolute atomic E-state index is 0.341. The average molecular weight is 744 g/mol. The zero-order valence-corrected chi connectivity index (χ0v) is 31.1. The first-order valence-corrected chi connectivity index (χ1v) is 19.5. The third kappa shape index (κ3) is 5.91. The molecule has 1 unspecified atom stereocenters. The number of nitrogens with one attached hydrogen (secondary N) is 3. The number of halogens is 1. The van der Waals surface area contributed by atoms with Crippen molar-refractivity contribution in [2.45, 2.75) is 88.8 Å². The Balaban J connectivity index is 0.944. The second-order valence-corrected chi connectivity index (χ2v) is 16.1. The first kappa shape index (κ1) is 34.7. The van der Waals surface area contributed by atoms with Gasteiger partial charge in [-0.3, -0.25) is 10.1 Å². The van der Waals surface area contributed by atoms with Crippen molar-refractivity contribution in [1.29, 1.82) is 0 Å². The molecular formula is C41H46ClN3O8. The molecule has 280 valence electrons. The second-order valence-electron chi connectivity index (χ2n) is 15.7. The third-order valence-corrected chi connectivity index (χ3v) is 12.8. The molecule has 10 rings (SSSR count). The van der Waals surface area contributed by atoms with E-state index in [4.69, 9.17) is 40.3 Å². The molecule has 2 amide bonds. The van der Waals surface area contributed by atoms with E-state index >= 15 is 0 Å². The van der Waals surface area contributed by atoms with Crippen molar-refractivity contribution in [1.82, 2.24) is 4.98 Å². The van der Waals surface area contributed by atoms with E-state index in [0.717, 1.165) is 76.7 Å². The highest BCUT2D eigenvalue weighted by Crippen LogP contribution is 2.63. The summed E-state index contributed by atoms with van der Waals surface area (Å²) in [5, 5.41) is 8.57. The van der Waals surface area contributed by atoms with Crippen LogP contribution >= 0.6 is 11.6 Å². The molecule has 3 N–H and O–H groups in total. The number of aromatic amines is 1. The van der Waals surface area contributed by atoms with Crippen LogP contribution < -0.4 is 20.1 Å². The molecule has 53 heavy (non-hydrogen) atoms. The van der Waals surface area contributed by atoms with Crippen LogP contribution in [0.25, 0.3) is 21.7 Å². The van der Waals surface area contributed by atoms with Gasteiger partial charge in [0.1, 0.15) is 11.8 Å². The number of benzene rings is 3. The van der Waals surface area contributed by atoms with Crippen molar-refractivity contribution in [3.8, 4) is 11.5 Å². The summed E-state index contributed by atoms with van der Waals surface area (Å²) in [7, 11) is 3.17. The van der Waals surface area contributed by atoms with Crippen LogP contribution in [0.3, 0.4) is 0 Å². The fraction of sp³-hybridized carbons (Fsp3) is 0.512. The number of alkyl halides is 1. The van der Waals surface area contributed by atoms with Crippen molar-refractivity contribution >= 4 is 56.7 Å². The predicted octanol–water partition coefficient (Wildman–Crippen LogP) is 9.00. The molecule has 6 fully saturated rings. The first-order valence-electron chi connectivity index (χ1n) is 18.9. The number of carbonyl (C=O) groups is 2. The molecule has 5 saturated carbocycles. The van der Waals surface area contributed by atoms with Crippen molar-refractivity contribution < 1.29 is 38.3 Å². The maximum absolute atomic E-state index is 13.8. The van der Waals surface area contributed by atoms with Gasteiger partial charge in [-0.15, -0.1) is 11.6 Å². The summed E-state index contributed by atoms with van der Waals surface area (Å²) in [5.74, 6) is 1.86. The van der Waals surface area contributed by atoms with Gasteiger partial charge in [0.25, 0.3) is 5.91 Å². The van der Waals surface area contributed by atoms with Crippen LogP contribution in [0.4, 0.5) is 16.2 Å². The summed E-state index contributed by atoms with van der Waals surface area (Å²) in [5.41, 5.74) is 3.87. The molecular weight excluding hydrogens is 698 g/mol. The normalized spacial score (nSPS) is 30.0. The fourth-order valence-corrected chi connectivity index (χ4v) is 10.6. The smallest absolute Gasteiger partial charge is 0.411 e. The van der Waals surface area contributed by atoms with Gasteiger partial charge in [-0.25, -0.2) is 4.79 Å². The largest absolute Gasteiger partial charge is 0.493 e. The molecule has 2 atom stereocenters. The predicted molar refractivity (Wildman–Crippen MR) is 201 cm³/mol. The lowest BCUT2D eigenvalue weighted by atomic mass is 9.53. The van der Waals surface area contributed by atoms with E-state index in [1.54, 1.807) is 26.4 Å². The Kier molecular flexibility index (Phi) is 8.76. The maximum atomic E-state index is 13.8. The minimum atomic E-state index is -0.913. The summed E-state index contributed by atoms with van der Waals surface area (Å²) in [6, 6.07) is 13.1. The zero-order valence-electron chi connectivity index (χ0n) is 30.4. The van der Waals surface area contributed by atoms with Gasteiger partial charge < -0.3 is 29.2 Å². The highest BCUT2D eigenvalue weighted by atomic mass is 35.5. The highest BCUT2D eigenvalue weighted by Gasteiger charge is 2.67. The van der Waals surface area contributed by atoms with Crippen LogP contribution in [0.2, 0.25) is 0 Å². The Morgan fingerprint density at radius 1 is 0.943 bits per heavy atom. The maximum Gasteiger partial charge on any atom is 0.411 e. The number of ether oxygens (including phenoxy) is 4. The second kappa shape index (κ2) is 13.4. The summed E-state index contributed by atoms with van der Waals surface area (Å²) in [6.45, 7) is 1.91. The molecule has 3 aromatic carbocycles. The molecule has 1 aromatic heterocycles. The topological polar surface area (TPSA) is 129 Å². The molecule has 12 heteroatoms. The number of carbonyl (C=O) groups excluding carboxylic acids is 2. The number of rotatable bonds is 8. The number of H-pyrrole nitrogens is 1. The molecule has 6 aliphatic rings. The van der Waals surface area contributed by atoms with Crippen molar-refractivity contribution in [2.24, 2.45) is 23.7 Å². The Bertz CT molecular complexity index is 2070. The number of methoxy groups -OCH3 is 2. The Labute approximate surface area is 313 Å². The van der Waals surface area contributed by atoms with E-state index in [0.29, 0.717) is 72.0 Å². The van der Waals surface area contributed by atoms with Crippen molar-refractivity contribution in [3.63, 3.8) is 0 Å². The monoisotopic (exact) mass is 743 g/mol. The lowest BCUT2D eigenvalue weighted by molar-refractivity contribution is -0.390. The summed E-state index contributed by atoms with van der Waals surface area (Å²) >= 11 is 6.30. The SMILES string of the molecule is COc1cc2cc(C(=O)Nc3cc(NC(=O)OC4CCC[C@]5(C4)OOC4(O5)C5CC6CC(C5)CC4C6)c4ccccc4c3CCCl)[nH]c2c(C)c1OC. The van der Waals surface area contributed by atoms with E-state index in [1.165, 1.54) is 6.42 Å². The van der Waals surface area contributed by atoms with Gasteiger partial charge in [0.15, 0.2) is 11.5 Å². The molecule has 5 aliphatic carbocycles. The molecule has 1 aliphatic heterocycles. The Morgan fingerprint density at radius 3 is 2.42 bits per heavy atom. The van der Waals surface area contributed by atoms with Gasteiger partial charge in [0.2, 0.25) is 11.6 Å². The Hall–Kier alpha value is -4.03. The van der Waals surface area contributed by atoms with Crippen LogP contribution in [-0.2, 0) is 25.7 Å². The third-order valence-electron chi connectivity index (χ3n) is 12.6. The number of hydrogen-bond acceptors (Lipinski definition) is 8. The van der Waals surface area contributed by atoms with Crippen LogP contribution in [0.1, 0.15) is 79.4 Å². The van der Waals surface area contributed by atoms with Crippen LogP contribution in [0.5, 0.6) is 11.5 Å². The summed E-state index contributed by atoms with van der Waals surface area (Å²) in [4.78, 5) is 43.1. The number of hydrogen-bond donors (Lipinski definition) is 3. The van der Waals surface area contributed by atoms with Gasteiger partial charge in [0, 0.05) is 52.6 Å². The quantitative estimate of drug-likeness (QED) is 0.121. The minimum Gasteiger partial charge on any atom is -0.493 e. The van der Waals surface area contributed by atoms with E-state index in [1.807, 2.05) is 37.3 Å². The summed E-state index contributed by atoms with van der Waals surface area (Å²) in [6.07, 6.45) is 8.00. The van der Waals surface area contributed by atoms with Crippen LogP contribution in [0.15, 0.2) is 42.5 Å². The van der Waals surface area contributed by atoms with Gasteiger partial charge in [0.05, 0.1) is 25.4 Å². The average Bonchev–Trinajstić information content (AvgIpc) is 3.75. The molecule has 1 saturated heterocycles.